The first-order valence-electron chi connectivity index (χ1n) is 5.38. The van der Waals surface area contributed by atoms with Gasteiger partial charge in [-0.3, -0.25) is 0 Å². The van der Waals surface area contributed by atoms with Crippen molar-refractivity contribution < 1.29 is 0 Å². The summed E-state index contributed by atoms with van der Waals surface area (Å²) in [5.74, 6) is 0. The van der Waals surface area contributed by atoms with Crippen LogP contribution >= 0.6 is 0 Å². The zero-order chi connectivity index (χ0) is 10.8. The Labute approximate surface area is 92.6 Å². The van der Waals surface area contributed by atoms with Crippen molar-refractivity contribution in [3.63, 3.8) is 0 Å². The third-order valence-corrected chi connectivity index (χ3v) is 1.99. The standard InChI is InChI=1S/C9H12.C6H5/c1-2-6-9-7-4-3-5-8-9;1-2-4-6-5-3-1/h3-5,7-8H,2,6H2,1H3;1-5H. The molecule has 0 N–H and O–H groups in total. The molecule has 0 aliphatic rings. The molecule has 0 aliphatic carbocycles. The van der Waals surface area contributed by atoms with Crippen LogP contribution in [0.2, 0.25) is 0 Å². The quantitative estimate of drug-likeness (QED) is 0.679. The van der Waals surface area contributed by atoms with E-state index in [4.69, 9.17) is 0 Å². The van der Waals surface area contributed by atoms with E-state index in [0.717, 1.165) is 0 Å². The summed E-state index contributed by atoms with van der Waals surface area (Å²) in [6.07, 6.45) is 2.45. The Morgan fingerprint density at radius 1 is 0.867 bits per heavy atom. The van der Waals surface area contributed by atoms with Crippen LogP contribution in [-0.2, 0) is 6.42 Å². The molecule has 0 saturated heterocycles. The molecule has 0 heterocycles. The van der Waals surface area contributed by atoms with E-state index in [1.165, 1.54) is 18.4 Å². The normalized spacial score (nSPS) is 8.87. The van der Waals surface area contributed by atoms with Crippen LogP contribution in [-0.4, -0.2) is 0 Å². The van der Waals surface area contributed by atoms with Crippen LogP contribution in [0.1, 0.15) is 18.9 Å². The Balaban J connectivity index is 0.000000162. The van der Waals surface area contributed by atoms with Crippen molar-refractivity contribution in [3.8, 4) is 0 Å². The maximum Gasteiger partial charge on any atom is -0.0184 e. The predicted molar refractivity (Wildman–Crippen MR) is 65.7 cm³/mol. The number of hydrogen-bond donors (Lipinski definition) is 0. The van der Waals surface area contributed by atoms with Crippen molar-refractivity contribution in [2.75, 3.05) is 0 Å². The van der Waals surface area contributed by atoms with Gasteiger partial charge in [0.2, 0.25) is 0 Å². The lowest BCUT2D eigenvalue weighted by atomic mass is 10.1. The molecule has 0 nitrogen and oxygen atoms in total. The average molecular weight is 197 g/mol. The summed E-state index contributed by atoms with van der Waals surface area (Å²) in [4.78, 5) is 0. The molecule has 0 aliphatic heterocycles. The van der Waals surface area contributed by atoms with Crippen molar-refractivity contribution in [2.45, 2.75) is 19.8 Å². The van der Waals surface area contributed by atoms with Crippen molar-refractivity contribution in [1.29, 1.82) is 0 Å². The number of aryl methyl sites for hydroxylation is 1. The van der Waals surface area contributed by atoms with Crippen LogP contribution in [0.5, 0.6) is 0 Å². The Bertz CT molecular complexity index is 297. The summed E-state index contributed by atoms with van der Waals surface area (Å²) in [5, 5.41) is 0. The van der Waals surface area contributed by atoms with E-state index in [1.807, 2.05) is 30.3 Å². The Morgan fingerprint density at radius 2 is 1.47 bits per heavy atom. The third kappa shape index (κ3) is 5.69. The van der Waals surface area contributed by atoms with Gasteiger partial charge in [0.25, 0.3) is 0 Å². The monoisotopic (exact) mass is 197 g/mol. The van der Waals surface area contributed by atoms with Gasteiger partial charge in [-0.15, -0.1) is 0 Å². The first-order chi connectivity index (χ1) is 7.43. The second-order valence-corrected chi connectivity index (χ2v) is 3.31. The van der Waals surface area contributed by atoms with Gasteiger partial charge in [0.15, 0.2) is 0 Å². The minimum absolute atomic E-state index is 1.21. The minimum Gasteiger partial charge on any atom is -0.0651 e. The topological polar surface area (TPSA) is 0 Å². The molecule has 2 aromatic carbocycles. The minimum atomic E-state index is 1.21. The number of hydrogen-bond acceptors (Lipinski definition) is 0. The molecule has 0 heteroatoms. The molecular formula is C15H17. The molecule has 77 valence electrons. The van der Waals surface area contributed by atoms with Gasteiger partial charge in [0, 0.05) is 0 Å². The van der Waals surface area contributed by atoms with Gasteiger partial charge in [0.1, 0.15) is 0 Å². The molecule has 0 aromatic heterocycles. The average Bonchev–Trinajstić information content (AvgIpc) is 2.34. The number of rotatable bonds is 2. The lowest BCUT2D eigenvalue weighted by molar-refractivity contribution is 0.922. The zero-order valence-corrected chi connectivity index (χ0v) is 9.19. The fraction of sp³-hybridized carbons (Fsp3) is 0.200. The van der Waals surface area contributed by atoms with Gasteiger partial charge in [-0.25, -0.2) is 0 Å². The summed E-state index contributed by atoms with van der Waals surface area (Å²) >= 11 is 0. The maximum atomic E-state index is 2.89. The summed E-state index contributed by atoms with van der Waals surface area (Å²) in [5.41, 5.74) is 1.44. The zero-order valence-electron chi connectivity index (χ0n) is 9.19. The van der Waals surface area contributed by atoms with E-state index in [-0.39, 0.29) is 0 Å². The molecule has 0 unspecified atom stereocenters. The smallest absolute Gasteiger partial charge is 0.0184 e. The lowest BCUT2D eigenvalue weighted by Gasteiger charge is -1.93. The lowest BCUT2D eigenvalue weighted by Crippen LogP contribution is -1.78. The van der Waals surface area contributed by atoms with E-state index < -0.39 is 0 Å². The second-order valence-electron chi connectivity index (χ2n) is 3.31. The summed E-state index contributed by atoms with van der Waals surface area (Å²) < 4.78 is 0. The molecule has 0 atom stereocenters. The second kappa shape index (κ2) is 7.81. The van der Waals surface area contributed by atoms with Gasteiger partial charge >= 0.3 is 0 Å². The Hall–Kier alpha value is -1.56. The predicted octanol–water partition coefficient (Wildman–Crippen LogP) is 4.13. The van der Waals surface area contributed by atoms with Crippen LogP contribution in [0.3, 0.4) is 0 Å². The van der Waals surface area contributed by atoms with Crippen molar-refractivity contribution in [2.24, 2.45) is 0 Å². The molecule has 0 bridgehead atoms. The molecular weight excluding hydrogens is 180 g/mol. The van der Waals surface area contributed by atoms with E-state index in [1.54, 1.807) is 0 Å². The first-order valence-corrected chi connectivity index (χ1v) is 5.38. The van der Waals surface area contributed by atoms with Crippen molar-refractivity contribution >= 4 is 0 Å². The first kappa shape index (κ1) is 11.5. The molecule has 15 heavy (non-hydrogen) atoms. The molecule has 2 aromatic rings. The van der Waals surface area contributed by atoms with Crippen LogP contribution in [0.15, 0.2) is 60.7 Å². The van der Waals surface area contributed by atoms with Gasteiger partial charge in [-0.05, 0) is 18.1 Å². The van der Waals surface area contributed by atoms with Crippen molar-refractivity contribution in [3.05, 3.63) is 72.3 Å². The Morgan fingerprint density at radius 3 is 1.87 bits per heavy atom. The van der Waals surface area contributed by atoms with Crippen molar-refractivity contribution in [1.82, 2.24) is 0 Å². The number of benzene rings is 2. The fourth-order valence-electron chi connectivity index (χ4n) is 1.28. The van der Waals surface area contributed by atoms with Crippen LogP contribution < -0.4 is 0 Å². The Kier molecular flexibility index (Phi) is 5.99. The highest BCUT2D eigenvalue weighted by Gasteiger charge is 1.84. The van der Waals surface area contributed by atoms with Gasteiger partial charge in [0.05, 0.1) is 0 Å². The summed E-state index contributed by atoms with van der Waals surface area (Å²) in [6, 6.07) is 23.1. The van der Waals surface area contributed by atoms with Crippen LogP contribution in [0.4, 0.5) is 0 Å². The highest BCUT2D eigenvalue weighted by Crippen LogP contribution is 2.00. The molecule has 2 rings (SSSR count). The summed E-state index contributed by atoms with van der Waals surface area (Å²) in [7, 11) is 0. The van der Waals surface area contributed by atoms with Crippen LogP contribution in [0, 0.1) is 6.07 Å². The highest BCUT2D eigenvalue weighted by atomic mass is 13.9. The molecule has 0 saturated carbocycles. The van der Waals surface area contributed by atoms with E-state index in [2.05, 4.69) is 43.3 Å². The van der Waals surface area contributed by atoms with Crippen LogP contribution in [0.25, 0.3) is 0 Å². The molecule has 0 spiro atoms. The maximum absolute atomic E-state index is 2.89. The van der Waals surface area contributed by atoms with Gasteiger partial charge < -0.3 is 0 Å². The van der Waals surface area contributed by atoms with E-state index in [9.17, 15) is 0 Å². The van der Waals surface area contributed by atoms with E-state index in [0.29, 0.717) is 0 Å². The third-order valence-electron chi connectivity index (χ3n) is 1.99. The van der Waals surface area contributed by atoms with Gasteiger partial charge in [-0.2, -0.15) is 0 Å². The molecule has 0 fully saturated rings. The van der Waals surface area contributed by atoms with E-state index >= 15 is 0 Å². The van der Waals surface area contributed by atoms with Gasteiger partial charge in [-0.1, -0.05) is 74.0 Å². The molecule has 1 radical (unpaired) electrons. The SMILES string of the molecule is CCCc1ccccc1.[c]1ccccc1. The summed E-state index contributed by atoms with van der Waals surface area (Å²) in [6.45, 7) is 2.20. The fourth-order valence-corrected chi connectivity index (χ4v) is 1.28. The molecule has 0 amide bonds. The highest BCUT2D eigenvalue weighted by molar-refractivity contribution is 5.14. The largest absolute Gasteiger partial charge is 0.0651 e.